The molecule has 0 spiro atoms. The van der Waals surface area contributed by atoms with E-state index < -0.39 is 0 Å². The first kappa shape index (κ1) is 19.9. The topological polar surface area (TPSA) is 117 Å². The molecule has 0 saturated carbocycles. The summed E-state index contributed by atoms with van der Waals surface area (Å²) >= 11 is 0. The van der Waals surface area contributed by atoms with Crippen LogP contribution < -0.4 is 10.9 Å². The Balaban J connectivity index is 1.58. The summed E-state index contributed by atoms with van der Waals surface area (Å²) in [5, 5.41) is 12.0. The quantitative estimate of drug-likeness (QED) is 0.364. The molecule has 0 unspecified atom stereocenters. The van der Waals surface area contributed by atoms with Gasteiger partial charge in [0.05, 0.1) is 23.4 Å². The summed E-state index contributed by atoms with van der Waals surface area (Å²) < 4.78 is 1.75. The van der Waals surface area contributed by atoms with Gasteiger partial charge in [0.1, 0.15) is 11.8 Å². The maximum Gasteiger partial charge on any atom is 0.263 e. The van der Waals surface area contributed by atoms with Crippen molar-refractivity contribution in [3.63, 3.8) is 0 Å². The minimum absolute atomic E-state index is 0.112. The Hall–Kier alpha value is -4.79. The highest BCUT2D eigenvalue weighted by atomic mass is 16.1. The third kappa shape index (κ3) is 3.22. The van der Waals surface area contributed by atoms with Crippen LogP contribution in [0.1, 0.15) is 18.7 Å². The second kappa shape index (κ2) is 7.96. The number of rotatable bonds is 5. The highest BCUT2D eigenvalue weighted by molar-refractivity contribution is 5.95. The van der Waals surface area contributed by atoms with Gasteiger partial charge < -0.3 is 10.3 Å². The van der Waals surface area contributed by atoms with Crippen LogP contribution >= 0.6 is 0 Å². The van der Waals surface area contributed by atoms with E-state index in [0.29, 0.717) is 22.4 Å². The van der Waals surface area contributed by atoms with Crippen LogP contribution in [-0.4, -0.2) is 34.7 Å². The molecule has 6 aromatic rings. The molecule has 1 atom stereocenters. The molecular formula is C25H20N8O. The van der Waals surface area contributed by atoms with E-state index in [1.165, 1.54) is 6.33 Å². The van der Waals surface area contributed by atoms with E-state index in [1.54, 1.807) is 17.1 Å². The average Bonchev–Trinajstić information content (AvgIpc) is 3.57. The molecule has 0 aliphatic rings. The van der Waals surface area contributed by atoms with Crippen molar-refractivity contribution in [2.45, 2.75) is 13.0 Å². The van der Waals surface area contributed by atoms with Crippen LogP contribution in [-0.2, 0) is 0 Å². The van der Waals surface area contributed by atoms with Crippen molar-refractivity contribution in [1.82, 2.24) is 34.7 Å². The maximum atomic E-state index is 14.0. The summed E-state index contributed by atoms with van der Waals surface area (Å²) in [7, 11) is 0. The van der Waals surface area contributed by atoms with Gasteiger partial charge in [0.25, 0.3) is 5.56 Å². The second-order valence-corrected chi connectivity index (χ2v) is 7.96. The van der Waals surface area contributed by atoms with Crippen LogP contribution in [0.4, 0.5) is 5.82 Å². The molecule has 0 bridgehead atoms. The molecule has 0 aliphatic heterocycles. The molecule has 0 amide bonds. The number of nitrogens with zero attached hydrogens (tertiary/aromatic N) is 5. The van der Waals surface area contributed by atoms with Gasteiger partial charge in [-0.05, 0) is 36.6 Å². The van der Waals surface area contributed by atoms with Gasteiger partial charge in [0.15, 0.2) is 11.5 Å². The van der Waals surface area contributed by atoms with Crippen molar-refractivity contribution in [3.05, 3.63) is 95.6 Å². The lowest BCUT2D eigenvalue weighted by Gasteiger charge is -2.22. The van der Waals surface area contributed by atoms with Crippen LogP contribution in [0.2, 0.25) is 0 Å². The fourth-order valence-electron chi connectivity index (χ4n) is 4.32. The standard InChI is InChI=1S/C25H20N8O/c1-15(31-24-22-23(27-13-26-22)28-14-29-24)20-12-16-6-5-9-18(19-10-11-30-32-19)21(16)25(34)33(20)17-7-3-2-4-8-17/h2-15H,1H3,(H,30,32)(H2,26,27,28,29,31)/t15-/m0/s1. The van der Waals surface area contributed by atoms with E-state index in [0.717, 1.165) is 28.0 Å². The number of hydrogen-bond acceptors (Lipinski definition) is 6. The lowest BCUT2D eigenvalue weighted by molar-refractivity contribution is 0.774. The Morgan fingerprint density at radius 1 is 1.00 bits per heavy atom. The number of para-hydroxylation sites is 1. The van der Waals surface area contributed by atoms with Crippen molar-refractivity contribution in [2.24, 2.45) is 0 Å². The Labute approximate surface area is 193 Å². The highest BCUT2D eigenvalue weighted by Crippen LogP contribution is 2.29. The Kier molecular flexibility index (Phi) is 4.65. The van der Waals surface area contributed by atoms with Gasteiger partial charge in [-0.3, -0.25) is 14.5 Å². The van der Waals surface area contributed by atoms with Crippen LogP contribution in [0.15, 0.2) is 84.3 Å². The lowest BCUT2D eigenvalue weighted by atomic mass is 10.0. The number of nitrogens with one attached hydrogen (secondary N) is 3. The number of anilines is 1. The predicted molar refractivity (Wildman–Crippen MR) is 131 cm³/mol. The molecule has 4 aromatic heterocycles. The van der Waals surface area contributed by atoms with Crippen molar-refractivity contribution >= 4 is 27.8 Å². The van der Waals surface area contributed by atoms with E-state index >= 15 is 0 Å². The first-order chi connectivity index (χ1) is 16.7. The van der Waals surface area contributed by atoms with Crippen molar-refractivity contribution in [1.29, 1.82) is 0 Å². The largest absolute Gasteiger partial charge is 0.360 e. The molecule has 166 valence electrons. The van der Waals surface area contributed by atoms with E-state index in [9.17, 15) is 4.79 Å². The Morgan fingerprint density at radius 3 is 2.71 bits per heavy atom. The first-order valence-electron chi connectivity index (χ1n) is 10.9. The van der Waals surface area contributed by atoms with Gasteiger partial charge in [-0.2, -0.15) is 5.10 Å². The van der Waals surface area contributed by atoms with Crippen molar-refractivity contribution in [3.8, 4) is 16.9 Å². The molecule has 34 heavy (non-hydrogen) atoms. The monoisotopic (exact) mass is 448 g/mol. The number of fused-ring (bicyclic) bond motifs is 2. The van der Waals surface area contributed by atoms with Gasteiger partial charge in [-0.25, -0.2) is 15.0 Å². The lowest BCUT2D eigenvalue weighted by Crippen LogP contribution is -2.26. The number of benzene rings is 2. The number of aromatic amines is 2. The summed E-state index contributed by atoms with van der Waals surface area (Å²) in [4.78, 5) is 30.0. The average molecular weight is 448 g/mol. The van der Waals surface area contributed by atoms with Crippen LogP contribution in [0.5, 0.6) is 0 Å². The van der Waals surface area contributed by atoms with Gasteiger partial charge in [-0.1, -0.05) is 36.4 Å². The molecular weight excluding hydrogens is 428 g/mol. The highest BCUT2D eigenvalue weighted by Gasteiger charge is 2.20. The zero-order chi connectivity index (χ0) is 23.1. The van der Waals surface area contributed by atoms with Crippen molar-refractivity contribution in [2.75, 3.05) is 5.32 Å². The third-order valence-electron chi connectivity index (χ3n) is 5.88. The van der Waals surface area contributed by atoms with Gasteiger partial charge in [-0.15, -0.1) is 0 Å². The summed E-state index contributed by atoms with van der Waals surface area (Å²) in [5.74, 6) is 0.594. The molecule has 4 heterocycles. The van der Waals surface area contributed by atoms with E-state index in [-0.39, 0.29) is 11.6 Å². The zero-order valence-corrected chi connectivity index (χ0v) is 18.2. The molecule has 2 aromatic carbocycles. The minimum Gasteiger partial charge on any atom is -0.360 e. The van der Waals surface area contributed by atoms with Crippen LogP contribution in [0.25, 0.3) is 38.9 Å². The number of imidazole rings is 1. The van der Waals surface area contributed by atoms with Gasteiger partial charge in [0.2, 0.25) is 0 Å². The molecule has 0 radical (unpaired) electrons. The smallest absolute Gasteiger partial charge is 0.263 e. The fraction of sp³-hybridized carbons (Fsp3) is 0.0800. The maximum absolute atomic E-state index is 14.0. The summed E-state index contributed by atoms with van der Waals surface area (Å²) in [6, 6.07) is 19.1. The van der Waals surface area contributed by atoms with Crippen LogP contribution in [0.3, 0.4) is 0 Å². The second-order valence-electron chi connectivity index (χ2n) is 7.96. The molecule has 0 aliphatic carbocycles. The molecule has 3 N–H and O–H groups in total. The number of hydrogen-bond donors (Lipinski definition) is 3. The van der Waals surface area contributed by atoms with Crippen LogP contribution in [0, 0.1) is 0 Å². The summed E-state index contributed by atoms with van der Waals surface area (Å²) in [5.41, 5.74) is 4.26. The summed E-state index contributed by atoms with van der Waals surface area (Å²) in [6.07, 6.45) is 4.82. The van der Waals surface area contributed by atoms with Gasteiger partial charge >= 0.3 is 0 Å². The van der Waals surface area contributed by atoms with Gasteiger partial charge in [0, 0.05) is 23.1 Å². The molecule has 9 heteroatoms. The molecule has 0 fully saturated rings. The van der Waals surface area contributed by atoms with Crippen molar-refractivity contribution < 1.29 is 0 Å². The van der Waals surface area contributed by atoms with E-state index in [2.05, 4.69) is 35.5 Å². The minimum atomic E-state index is -0.263. The summed E-state index contributed by atoms with van der Waals surface area (Å²) in [6.45, 7) is 2.00. The van der Waals surface area contributed by atoms with E-state index in [1.807, 2.05) is 67.6 Å². The Bertz CT molecular complexity index is 1670. The molecule has 0 saturated heterocycles. The SMILES string of the molecule is C[C@H](Nc1ncnc2[nH]cnc12)c1cc2cccc(-c3cc[nH]n3)c2c(=O)n1-c1ccccc1. The third-order valence-corrected chi connectivity index (χ3v) is 5.88. The first-order valence-corrected chi connectivity index (χ1v) is 10.9. The fourth-order valence-corrected chi connectivity index (χ4v) is 4.32. The predicted octanol–water partition coefficient (Wildman–Crippen LogP) is 4.22. The zero-order valence-electron chi connectivity index (χ0n) is 18.2. The molecule has 9 nitrogen and oxygen atoms in total. The molecule has 6 rings (SSSR count). The number of aromatic nitrogens is 7. The van der Waals surface area contributed by atoms with E-state index in [4.69, 9.17) is 0 Å². The normalized spacial score (nSPS) is 12.3. The number of H-pyrrole nitrogens is 2. The number of pyridine rings is 1. The Morgan fingerprint density at radius 2 is 1.88 bits per heavy atom.